The fraction of sp³-hybridized carbons (Fsp3) is 0.429. The summed E-state index contributed by atoms with van der Waals surface area (Å²) in [4.78, 5) is 25.3. The molecule has 1 aromatic carbocycles. The van der Waals surface area contributed by atoms with Gasteiger partial charge < -0.3 is 9.47 Å². The van der Waals surface area contributed by atoms with E-state index in [1.165, 1.54) is 0 Å². The molecule has 2 rings (SSSR count). The first-order valence-corrected chi connectivity index (χ1v) is 8.74. The number of hydrogen-bond acceptors (Lipinski definition) is 4. The van der Waals surface area contributed by atoms with E-state index in [-0.39, 0.29) is 13.2 Å². The molecule has 134 valence electrons. The minimum atomic E-state index is -1.28. The van der Waals surface area contributed by atoms with Crippen LogP contribution in [-0.4, -0.2) is 25.2 Å². The van der Waals surface area contributed by atoms with Crippen molar-refractivity contribution < 1.29 is 19.1 Å². The third-order valence-corrected chi connectivity index (χ3v) is 4.60. The Balaban J connectivity index is 2.47. The normalized spacial score (nSPS) is 19.2. The van der Waals surface area contributed by atoms with Crippen LogP contribution >= 0.6 is 0 Å². The van der Waals surface area contributed by atoms with Crippen molar-refractivity contribution in [1.82, 2.24) is 0 Å². The van der Waals surface area contributed by atoms with Crippen molar-refractivity contribution in [2.24, 2.45) is 5.41 Å². The number of hydrogen-bond donors (Lipinski definition) is 0. The zero-order valence-electron chi connectivity index (χ0n) is 15.4. The predicted octanol–water partition coefficient (Wildman–Crippen LogP) is 4.23. The second kappa shape index (κ2) is 8.15. The number of ether oxygens (including phenoxy) is 2. The molecule has 0 amide bonds. The molecule has 1 fully saturated rings. The van der Waals surface area contributed by atoms with E-state index in [0.717, 1.165) is 22.3 Å². The summed E-state index contributed by atoms with van der Waals surface area (Å²) < 4.78 is 10.4. The Morgan fingerprint density at radius 1 is 1.04 bits per heavy atom. The molecule has 1 aliphatic carbocycles. The molecule has 1 saturated carbocycles. The number of allylic oxidation sites excluding steroid dienone is 3. The lowest BCUT2D eigenvalue weighted by atomic mass is 9.85. The van der Waals surface area contributed by atoms with Crippen LogP contribution in [0.5, 0.6) is 0 Å². The summed E-state index contributed by atoms with van der Waals surface area (Å²) in [5.74, 6) is -0.998. The Morgan fingerprint density at radius 2 is 1.60 bits per heavy atom. The molecule has 0 saturated heterocycles. The first-order chi connectivity index (χ1) is 12.0. The fourth-order valence-corrected chi connectivity index (χ4v) is 3.22. The van der Waals surface area contributed by atoms with Crippen molar-refractivity contribution in [1.29, 1.82) is 0 Å². The summed E-state index contributed by atoms with van der Waals surface area (Å²) in [6.45, 7) is 7.93. The number of carbonyl (C=O) groups is 2. The van der Waals surface area contributed by atoms with Gasteiger partial charge in [-0.2, -0.15) is 0 Å². The van der Waals surface area contributed by atoms with Crippen LogP contribution in [-0.2, 0) is 19.1 Å². The predicted molar refractivity (Wildman–Crippen MR) is 97.8 cm³/mol. The van der Waals surface area contributed by atoms with Crippen molar-refractivity contribution in [2.75, 3.05) is 13.2 Å². The van der Waals surface area contributed by atoms with E-state index < -0.39 is 17.4 Å². The molecule has 1 aromatic rings. The topological polar surface area (TPSA) is 52.6 Å². The molecule has 0 aliphatic heterocycles. The maximum absolute atomic E-state index is 12.6. The summed E-state index contributed by atoms with van der Waals surface area (Å²) in [5, 5.41) is 0. The molecule has 0 atom stereocenters. The molecular weight excluding hydrogens is 316 g/mol. The Morgan fingerprint density at radius 3 is 2.12 bits per heavy atom. The Bertz CT molecular complexity index is 694. The first-order valence-electron chi connectivity index (χ1n) is 8.74. The zero-order chi connectivity index (χ0) is 18.4. The van der Waals surface area contributed by atoms with Gasteiger partial charge in [-0.25, -0.2) is 0 Å². The molecule has 0 radical (unpaired) electrons. The second-order valence-electron chi connectivity index (χ2n) is 6.22. The number of aryl methyl sites for hydroxylation is 1. The van der Waals surface area contributed by atoms with Crippen LogP contribution in [0.3, 0.4) is 0 Å². The van der Waals surface area contributed by atoms with Crippen LogP contribution < -0.4 is 0 Å². The van der Waals surface area contributed by atoms with Crippen LogP contribution in [0.1, 0.15) is 44.7 Å². The molecule has 0 spiro atoms. The molecule has 4 heteroatoms. The quantitative estimate of drug-likeness (QED) is 0.593. The van der Waals surface area contributed by atoms with Gasteiger partial charge in [0.1, 0.15) is 0 Å². The Kier molecular flexibility index (Phi) is 6.18. The smallest absolute Gasteiger partial charge is 0.324 e. The molecule has 0 N–H and O–H groups in total. The van der Waals surface area contributed by atoms with Crippen molar-refractivity contribution in [3.8, 4) is 0 Å². The number of esters is 2. The van der Waals surface area contributed by atoms with Gasteiger partial charge in [0.25, 0.3) is 0 Å². The van der Waals surface area contributed by atoms with E-state index in [1.54, 1.807) is 13.8 Å². The lowest BCUT2D eigenvalue weighted by Gasteiger charge is -2.23. The SMILES string of the molecule is C/C=C1\CC(C(=O)OCC)(C(=O)OCC)C\C1=C\c1ccccc1C. The third kappa shape index (κ3) is 3.84. The maximum Gasteiger partial charge on any atom is 0.324 e. The van der Waals surface area contributed by atoms with Gasteiger partial charge >= 0.3 is 11.9 Å². The molecule has 25 heavy (non-hydrogen) atoms. The monoisotopic (exact) mass is 342 g/mol. The average molecular weight is 342 g/mol. The molecule has 1 aliphatic rings. The molecule has 0 unspecified atom stereocenters. The van der Waals surface area contributed by atoms with Crippen molar-refractivity contribution in [3.05, 3.63) is 52.6 Å². The number of rotatable bonds is 5. The van der Waals surface area contributed by atoms with Crippen LogP contribution in [0.15, 0.2) is 41.5 Å². The van der Waals surface area contributed by atoms with Gasteiger partial charge in [-0.1, -0.05) is 36.4 Å². The summed E-state index contributed by atoms with van der Waals surface area (Å²) in [7, 11) is 0. The molecule has 0 heterocycles. The van der Waals surface area contributed by atoms with E-state index in [9.17, 15) is 9.59 Å². The number of benzene rings is 1. The van der Waals surface area contributed by atoms with E-state index >= 15 is 0 Å². The average Bonchev–Trinajstić information content (AvgIpc) is 2.97. The first kappa shape index (κ1) is 19.0. The lowest BCUT2D eigenvalue weighted by Crippen LogP contribution is -2.39. The van der Waals surface area contributed by atoms with E-state index in [1.807, 2.05) is 44.2 Å². The van der Waals surface area contributed by atoms with Crippen molar-refractivity contribution >= 4 is 18.0 Å². The van der Waals surface area contributed by atoms with E-state index in [4.69, 9.17) is 9.47 Å². The van der Waals surface area contributed by atoms with Gasteiger partial charge in [0.2, 0.25) is 0 Å². The minimum Gasteiger partial charge on any atom is -0.465 e. The largest absolute Gasteiger partial charge is 0.465 e. The van der Waals surface area contributed by atoms with Crippen LogP contribution in [0.25, 0.3) is 6.08 Å². The highest BCUT2D eigenvalue weighted by Gasteiger charge is 2.54. The third-order valence-electron chi connectivity index (χ3n) is 4.60. The van der Waals surface area contributed by atoms with E-state index in [0.29, 0.717) is 12.8 Å². The molecule has 0 aromatic heterocycles. The van der Waals surface area contributed by atoms with Gasteiger partial charge in [0, 0.05) is 0 Å². The highest BCUT2D eigenvalue weighted by atomic mass is 16.6. The van der Waals surface area contributed by atoms with E-state index in [2.05, 4.69) is 6.08 Å². The summed E-state index contributed by atoms with van der Waals surface area (Å²) >= 11 is 0. The van der Waals surface area contributed by atoms with Gasteiger partial charge in [-0.3, -0.25) is 9.59 Å². The fourth-order valence-electron chi connectivity index (χ4n) is 3.22. The summed E-state index contributed by atoms with van der Waals surface area (Å²) in [6, 6.07) is 8.04. The molecule has 4 nitrogen and oxygen atoms in total. The molecular formula is C21H26O4. The zero-order valence-corrected chi connectivity index (χ0v) is 15.4. The van der Waals surface area contributed by atoms with Crippen molar-refractivity contribution in [3.63, 3.8) is 0 Å². The van der Waals surface area contributed by atoms with Crippen LogP contribution in [0.2, 0.25) is 0 Å². The second-order valence-corrected chi connectivity index (χ2v) is 6.22. The minimum absolute atomic E-state index is 0.238. The highest BCUT2D eigenvalue weighted by molar-refractivity contribution is 6.02. The number of carbonyl (C=O) groups excluding carboxylic acids is 2. The molecule has 0 bridgehead atoms. The summed E-state index contributed by atoms with van der Waals surface area (Å²) in [6.07, 6.45) is 4.65. The van der Waals surface area contributed by atoms with Gasteiger partial charge in [-0.05, 0) is 62.8 Å². The van der Waals surface area contributed by atoms with Gasteiger partial charge in [0.15, 0.2) is 5.41 Å². The van der Waals surface area contributed by atoms with Gasteiger partial charge in [0.05, 0.1) is 13.2 Å². The van der Waals surface area contributed by atoms with Gasteiger partial charge in [-0.15, -0.1) is 0 Å². The summed E-state index contributed by atoms with van der Waals surface area (Å²) in [5.41, 5.74) is 2.93. The van der Waals surface area contributed by atoms with Crippen molar-refractivity contribution in [2.45, 2.75) is 40.5 Å². The standard InChI is InChI=1S/C21H26O4/c1-5-16-13-21(19(22)24-6-2,20(23)25-7-3)14-18(16)12-17-11-9-8-10-15(17)4/h5,8-12H,6-7,13-14H2,1-4H3/b16-5+,18-12-. The van der Waals surface area contributed by atoms with Crippen LogP contribution in [0.4, 0.5) is 0 Å². The Labute approximate surface area is 149 Å². The Hall–Kier alpha value is -2.36. The van der Waals surface area contributed by atoms with Crippen LogP contribution in [0, 0.1) is 12.3 Å². The highest BCUT2D eigenvalue weighted by Crippen LogP contribution is 2.47. The lowest BCUT2D eigenvalue weighted by molar-refractivity contribution is -0.171. The maximum atomic E-state index is 12.6.